The van der Waals surface area contributed by atoms with Crippen LogP contribution < -0.4 is 0 Å². The zero-order chi connectivity index (χ0) is 37.0. The maximum Gasteiger partial charge on any atom is 0.238 e. The Morgan fingerprint density at radius 2 is 0.768 bits per heavy atom. The monoisotopic (exact) mass is 716 g/mol. The van der Waals surface area contributed by atoms with Crippen molar-refractivity contribution in [1.82, 2.24) is 19.5 Å². The van der Waals surface area contributed by atoms with E-state index < -0.39 is 0 Å². The van der Waals surface area contributed by atoms with Crippen molar-refractivity contribution in [1.29, 1.82) is 0 Å². The van der Waals surface area contributed by atoms with Crippen LogP contribution in [0.4, 0.5) is 0 Å². The molecular formula is C51H32N4O. The molecule has 0 bridgehead atoms. The van der Waals surface area contributed by atoms with Crippen LogP contribution in [0.15, 0.2) is 199 Å². The molecule has 5 heteroatoms. The zero-order valence-corrected chi connectivity index (χ0v) is 30.2. The lowest BCUT2D eigenvalue weighted by atomic mass is 9.97. The molecule has 11 aromatic rings. The second-order valence-corrected chi connectivity index (χ2v) is 14.0. The third-order valence-electron chi connectivity index (χ3n) is 10.7. The Kier molecular flexibility index (Phi) is 7.42. The summed E-state index contributed by atoms with van der Waals surface area (Å²) >= 11 is 0. The first kappa shape index (κ1) is 31.9. The molecule has 3 heterocycles. The number of para-hydroxylation sites is 4. The highest BCUT2D eigenvalue weighted by atomic mass is 16.3. The predicted molar refractivity (Wildman–Crippen MR) is 229 cm³/mol. The van der Waals surface area contributed by atoms with Gasteiger partial charge in [0.15, 0.2) is 11.6 Å². The van der Waals surface area contributed by atoms with Gasteiger partial charge in [-0.3, -0.25) is 4.57 Å². The fraction of sp³-hybridized carbons (Fsp3) is 0. The number of rotatable bonds is 6. The summed E-state index contributed by atoms with van der Waals surface area (Å²) in [7, 11) is 0. The van der Waals surface area contributed by atoms with Gasteiger partial charge in [-0.25, -0.2) is 4.98 Å². The van der Waals surface area contributed by atoms with E-state index in [1.54, 1.807) is 0 Å². The van der Waals surface area contributed by atoms with E-state index in [0.717, 1.165) is 88.3 Å². The van der Waals surface area contributed by atoms with E-state index in [-0.39, 0.29) is 0 Å². The van der Waals surface area contributed by atoms with Crippen LogP contribution in [0.25, 0.3) is 106 Å². The number of hydrogen-bond acceptors (Lipinski definition) is 4. The number of fused-ring (bicyclic) bond motifs is 6. The minimum atomic E-state index is 0.582. The normalized spacial score (nSPS) is 11.6. The molecule has 0 saturated heterocycles. The van der Waals surface area contributed by atoms with Gasteiger partial charge in [0, 0.05) is 43.8 Å². The summed E-state index contributed by atoms with van der Waals surface area (Å²) in [6.07, 6.45) is 0. The quantitative estimate of drug-likeness (QED) is 0.172. The molecule has 3 aromatic heterocycles. The van der Waals surface area contributed by atoms with Crippen molar-refractivity contribution in [2.24, 2.45) is 0 Å². The molecule has 0 atom stereocenters. The molecule has 0 radical (unpaired) electrons. The first-order valence-electron chi connectivity index (χ1n) is 18.8. The fourth-order valence-corrected chi connectivity index (χ4v) is 8.02. The molecule has 56 heavy (non-hydrogen) atoms. The molecule has 5 nitrogen and oxygen atoms in total. The summed E-state index contributed by atoms with van der Waals surface area (Å²) in [5, 5.41) is 4.54. The van der Waals surface area contributed by atoms with E-state index in [1.165, 1.54) is 0 Å². The van der Waals surface area contributed by atoms with Crippen LogP contribution >= 0.6 is 0 Å². The smallest absolute Gasteiger partial charge is 0.238 e. The van der Waals surface area contributed by atoms with Crippen LogP contribution in [0.5, 0.6) is 0 Å². The number of nitrogens with zero attached hydrogens (tertiary/aromatic N) is 4. The van der Waals surface area contributed by atoms with Gasteiger partial charge in [-0.1, -0.05) is 176 Å². The Morgan fingerprint density at radius 1 is 0.321 bits per heavy atom. The van der Waals surface area contributed by atoms with Crippen molar-refractivity contribution >= 4 is 43.7 Å². The Hall–Kier alpha value is -7.63. The summed E-state index contributed by atoms with van der Waals surface area (Å²) in [6.45, 7) is 0. The minimum absolute atomic E-state index is 0.582. The topological polar surface area (TPSA) is 56.7 Å². The molecule has 0 amide bonds. The van der Waals surface area contributed by atoms with E-state index in [9.17, 15) is 0 Å². The number of furan rings is 1. The van der Waals surface area contributed by atoms with Crippen LogP contribution in [0.3, 0.4) is 0 Å². The van der Waals surface area contributed by atoms with Crippen molar-refractivity contribution in [2.75, 3.05) is 0 Å². The van der Waals surface area contributed by atoms with E-state index in [4.69, 9.17) is 19.4 Å². The van der Waals surface area contributed by atoms with Gasteiger partial charge in [0.05, 0.1) is 11.0 Å². The Balaban J connectivity index is 0.994. The predicted octanol–water partition coefficient (Wildman–Crippen LogP) is 13.2. The molecule has 8 aromatic carbocycles. The van der Waals surface area contributed by atoms with E-state index in [0.29, 0.717) is 17.6 Å². The zero-order valence-electron chi connectivity index (χ0n) is 30.2. The molecule has 0 aliphatic carbocycles. The molecule has 0 spiro atoms. The van der Waals surface area contributed by atoms with Gasteiger partial charge in [0.2, 0.25) is 5.95 Å². The Labute approximate surface area is 322 Å². The molecule has 0 fully saturated rings. The SMILES string of the molecule is c1ccc(-c2nc(-c3ccc(-c4cccc(-c5cccc6c5oc5c(-c7ccccc7)cccc56)c4)cc3)nc(-n3c4ccccc4c4ccccc43)n2)cc1. The van der Waals surface area contributed by atoms with Crippen molar-refractivity contribution in [2.45, 2.75) is 0 Å². The lowest BCUT2D eigenvalue weighted by Gasteiger charge is -2.11. The third-order valence-corrected chi connectivity index (χ3v) is 10.7. The van der Waals surface area contributed by atoms with Gasteiger partial charge in [0.25, 0.3) is 0 Å². The first-order chi connectivity index (χ1) is 27.8. The average molecular weight is 717 g/mol. The molecule has 0 unspecified atom stereocenters. The Morgan fingerprint density at radius 3 is 1.39 bits per heavy atom. The van der Waals surface area contributed by atoms with Gasteiger partial charge in [-0.2, -0.15) is 9.97 Å². The molecular weight excluding hydrogens is 685 g/mol. The number of benzene rings is 8. The molecule has 11 rings (SSSR count). The van der Waals surface area contributed by atoms with Crippen LogP contribution in [0.1, 0.15) is 0 Å². The maximum atomic E-state index is 6.74. The van der Waals surface area contributed by atoms with Crippen molar-refractivity contribution in [3.05, 3.63) is 194 Å². The minimum Gasteiger partial charge on any atom is -0.455 e. The number of aromatic nitrogens is 4. The summed E-state index contributed by atoms with van der Waals surface area (Å²) in [6, 6.07) is 67.4. The van der Waals surface area contributed by atoms with E-state index >= 15 is 0 Å². The number of hydrogen-bond donors (Lipinski definition) is 0. The third kappa shape index (κ3) is 5.29. The second kappa shape index (κ2) is 13.0. The van der Waals surface area contributed by atoms with Gasteiger partial charge < -0.3 is 4.42 Å². The molecule has 0 aliphatic heterocycles. The maximum absolute atomic E-state index is 6.74. The lowest BCUT2D eigenvalue weighted by molar-refractivity contribution is 0.671. The van der Waals surface area contributed by atoms with Crippen LogP contribution in [0, 0.1) is 0 Å². The summed E-state index contributed by atoms with van der Waals surface area (Å²) in [4.78, 5) is 15.2. The highest BCUT2D eigenvalue weighted by Gasteiger charge is 2.19. The summed E-state index contributed by atoms with van der Waals surface area (Å²) < 4.78 is 8.88. The van der Waals surface area contributed by atoms with Crippen molar-refractivity contribution in [3.8, 4) is 62.1 Å². The molecule has 0 N–H and O–H groups in total. The average Bonchev–Trinajstić information content (AvgIpc) is 3.83. The van der Waals surface area contributed by atoms with Crippen LogP contribution in [-0.4, -0.2) is 19.5 Å². The van der Waals surface area contributed by atoms with Crippen LogP contribution in [-0.2, 0) is 0 Å². The fourth-order valence-electron chi connectivity index (χ4n) is 8.02. The lowest BCUT2D eigenvalue weighted by Crippen LogP contribution is -2.06. The summed E-state index contributed by atoms with van der Waals surface area (Å²) in [5.74, 6) is 1.82. The van der Waals surface area contributed by atoms with Gasteiger partial charge in [0.1, 0.15) is 11.2 Å². The van der Waals surface area contributed by atoms with Crippen LogP contribution in [0.2, 0.25) is 0 Å². The molecule has 262 valence electrons. The first-order valence-corrected chi connectivity index (χ1v) is 18.8. The van der Waals surface area contributed by atoms with Gasteiger partial charge in [-0.15, -0.1) is 0 Å². The van der Waals surface area contributed by atoms with Crippen molar-refractivity contribution < 1.29 is 4.42 Å². The van der Waals surface area contributed by atoms with Crippen molar-refractivity contribution in [3.63, 3.8) is 0 Å². The summed E-state index contributed by atoms with van der Waals surface area (Å²) in [5.41, 5.74) is 12.3. The molecule has 0 saturated carbocycles. The van der Waals surface area contributed by atoms with Gasteiger partial charge >= 0.3 is 0 Å². The largest absolute Gasteiger partial charge is 0.455 e. The van der Waals surface area contributed by atoms with E-state index in [2.05, 4.69) is 162 Å². The molecule has 0 aliphatic rings. The highest BCUT2D eigenvalue weighted by Crippen LogP contribution is 2.41. The second-order valence-electron chi connectivity index (χ2n) is 14.0. The van der Waals surface area contributed by atoms with E-state index in [1.807, 2.05) is 36.4 Å². The standard InChI is InChI=1S/C51H32N4O/c1-3-14-34(15-4-1)39-22-12-24-43-44-25-13-23-40(48(44)56-47(39)43)38-19-11-18-37(32-38)33-28-30-36(31-29-33)50-52-49(35-16-5-2-6-17-35)53-51(54-50)55-45-26-9-7-20-41(45)42-21-8-10-27-46(42)55/h1-32H. The van der Waals surface area contributed by atoms with Gasteiger partial charge in [-0.05, 0) is 40.5 Å². The highest BCUT2D eigenvalue weighted by molar-refractivity contribution is 6.13. The Bertz CT molecular complexity index is 3180.